The first-order chi connectivity index (χ1) is 18.7. The molecule has 0 aliphatic carbocycles. The highest BCUT2D eigenvalue weighted by atomic mass is 19.1. The fourth-order valence-corrected chi connectivity index (χ4v) is 4.68. The summed E-state index contributed by atoms with van der Waals surface area (Å²) in [7, 11) is 1.46. The highest BCUT2D eigenvalue weighted by Crippen LogP contribution is 2.46. The second kappa shape index (κ2) is 10.5. The molecule has 1 aliphatic rings. The second-order valence-electron chi connectivity index (χ2n) is 9.97. The number of hydrogen-bond donors (Lipinski definition) is 4. The maximum absolute atomic E-state index is 14.4. The molecule has 204 valence electrons. The van der Waals surface area contributed by atoms with Crippen LogP contribution in [-0.4, -0.2) is 59.6 Å². The summed E-state index contributed by atoms with van der Waals surface area (Å²) in [6, 6.07) is 11.3. The topological polar surface area (TPSA) is 126 Å². The zero-order valence-electron chi connectivity index (χ0n) is 21.9. The van der Waals surface area contributed by atoms with E-state index >= 15 is 0 Å². The Morgan fingerprint density at radius 3 is 2.85 bits per heavy atom. The van der Waals surface area contributed by atoms with Crippen molar-refractivity contribution in [3.8, 4) is 28.5 Å². The van der Waals surface area contributed by atoms with E-state index in [1.807, 2.05) is 13.8 Å². The van der Waals surface area contributed by atoms with Crippen molar-refractivity contribution in [3.63, 3.8) is 0 Å². The largest absolute Gasteiger partial charge is 0.493 e. The number of nitrogens with zero attached hydrogens (tertiary/aromatic N) is 1. The smallest absolute Gasteiger partial charge is 0.251 e. The molecule has 0 saturated heterocycles. The van der Waals surface area contributed by atoms with Crippen LogP contribution in [0.25, 0.3) is 22.2 Å². The van der Waals surface area contributed by atoms with Gasteiger partial charge in [-0.25, -0.2) is 9.37 Å². The molecule has 2 aromatic heterocycles. The molecule has 5 rings (SSSR count). The molecule has 0 fully saturated rings. The number of amides is 1. The molecule has 0 spiro atoms. The van der Waals surface area contributed by atoms with Crippen molar-refractivity contribution in [2.45, 2.75) is 25.4 Å². The summed E-state index contributed by atoms with van der Waals surface area (Å²) in [5.41, 5.74) is 2.74. The third-order valence-electron chi connectivity index (χ3n) is 6.79. The van der Waals surface area contributed by atoms with Crippen LogP contribution in [0.4, 0.5) is 4.39 Å². The predicted molar refractivity (Wildman–Crippen MR) is 143 cm³/mol. The van der Waals surface area contributed by atoms with Gasteiger partial charge in [0, 0.05) is 40.2 Å². The number of nitrogens with one attached hydrogen (secondary N) is 2. The summed E-state index contributed by atoms with van der Waals surface area (Å²) in [6.07, 6.45) is 0.565. The number of hydrogen-bond acceptors (Lipinski definition) is 7. The van der Waals surface area contributed by atoms with Gasteiger partial charge < -0.3 is 34.7 Å². The van der Waals surface area contributed by atoms with E-state index in [1.165, 1.54) is 19.2 Å². The number of ether oxygens (including phenoxy) is 3. The van der Waals surface area contributed by atoms with Gasteiger partial charge in [-0.2, -0.15) is 0 Å². The number of rotatable bonds is 9. The molecule has 39 heavy (non-hydrogen) atoms. The Hall–Kier alpha value is -4.15. The third-order valence-corrected chi connectivity index (χ3v) is 6.79. The number of benzene rings is 2. The summed E-state index contributed by atoms with van der Waals surface area (Å²) in [4.78, 5) is 20.6. The average molecular weight is 536 g/mol. The zero-order chi connectivity index (χ0) is 27.7. The average Bonchev–Trinajstić information content (AvgIpc) is 3.51. The van der Waals surface area contributed by atoms with Crippen molar-refractivity contribution in [3.05, 3.63) is 71.3 Å². The molecule has 9 nitrogen and oxygen atoms in total. The quantitative estimate of drug-likeness (QED) is 0.256. The minimum atomic E-state index is -1.12. The van der Waals surface area contributed by atoms with Gasteiger partial charge in [0.15, 0.2) is 11.5 Å². The Balaban J connectivity index is 1.42. The van der Waals surface area contributed by atoms with Gasteiger partial charge in [-0.05, 0) is 30.3 Å². The van der Waals surface area contributed by atoms with Crippen LogP contribution in [0, 0.1) is 5.82 Å². The molecule has 0 bridgehead atoms. The summed E-state index contributed by atoms with van der Waals surface area (Å²) in [5.74, 6) is 0.554. The van der Waals surface area contributed by atoms with Crippen molar-refractivity contribution in [2.24, 2.45) is 0 Å². The van der Waals surface area contributed by atoms with Crippen LogP contribution in [-0.2, 0) is 5.41 Å². The number of pyridine rings is 1. The highest BCUT2D eigenvalue weighted by molar-refractivity contribution is 5.97. The SMILES string of the molecule is COc1cc(C(=O)NCC(O)c2cc3c(c(-c4c[nH]c5c(F)cccc45)n2)OCC3(C)C)ccc1OCCO. The molecule has 2 aromatic carbocycles. The lowest BCUT2D eigenvalue weighted by Gasteiger charge is -2.19. The van der Waals surface area contributed by atoms with Crippen LogP contribution in [0.3, 0.4) is 0 Å². The Morgan fingerprint density at radius 2 is 2.08 bits per heavy atom. The number of fused-ring (bicyclic) bond motifs is 2. The Morgan fingerprint density at radius 1 is 1.26 bits per heavy atom. The first kappa shape index (κ1) is 26.5. The zero-order valence-corrected chi connectivity index (χ0v) is 21.9. The molecule has 1 atom stereocenters. The normalized spacial score (nSPS) is 14.5. The molecule has 4 N–H and O–H groups in total. The summed E-state index contributed by atoms with van der Waals surface area (Å²) < 4.78 is 31.1. The number of aromatic amines is 1. The van der Waals surface area contributed by atoms with Crippen LogP contribution < -0.4 is 19.5 Å². The lowest BCUT2D eigenvalue weighted by Crippen LogP contribution is -2.29. The predicted octanol–water partition coefficient (Wildman–Crippen LogP) is 3.88. The van der Waals surface area contributed by atoms with E-state index in [2.05, 4.69) is 10.3 Å². The molecule has 1 unspecified atom stereocenters. The van der Waals surface area contributed by atoms with Gasteiger partial charge >= 0.3 is 0 Å². The number of H-pyrrole nitrogens is 1. The fraction of sp³-hybridized carbons (Fsp3) is 0.310. The maximum atomic E-state index is 14.4. The Kier molecular flexibility index (Phi) is 7.16. The standard InChI is InChI=1S/C29H30FN3O6/c1-29(2)15-39-27-19(29)12-21(33-26(27)18-13-31-25-17(18)5-4-6-20(25)30)22(35)14-32-28(36)16-7-8-23(38-10-9-34)24(11-16)37-3/h4-8,11-13,22,31,34-35H,9-10,14-15H2,1-3H3,(H,32,36). The molecular formula is C29H30FN3O6. The van der Waals surface area contributed by atoms with Gasteiger partial charge in [0.05, 0.1) is 31.5 Å². The van der Waals surface area contributed by atoms with Crippen molar-refractivity contribution < 1.29 is 33.6 Å². The second-order valence-corrected chi connectivity index (χ2v) is 9.97. The molecule has 1 amide bonds. The number of methoxy groups -OCH3 is 1. The highest BCUT2D eigenvalue weighted by Gasteiger charge is 2.36. The summed E-state index contributed by atoms with van der Waals surface area (Å²) >= 11 is 0. The lowest BCUT2D eigenvalue weighted by molar-refractivity contribution is 0.0913. The van der Waals surface area contributed by atoms with Crippen molar-refractivity contribution in [2.75, 3.05) is 33.5 Å². The van der Waals surface area contributed by atoms with E-state index in [1.54, 1.807) is 36.5 Å². The van der Waals surface area contributed by atoms with Crippen LogP contribution in [0.15, 0.2) is 48.7 Å². The van der Waals surface area contributed by atoms with E-state index in [0.29, 0.717) is 57.3 Å². The Bertz CT molecular complexity index is 1530. The van der Waals surface area contributed by atoms with Crippen molar-refractivity contribution >= 4 is 16.8 Å². The number of halogens is 1. The molecule has 10 heteroatoms. The number of carbonyl (C=O) groups excluding carboxylic acids is 1. The van der Waals surface area contributed by atoms with Gasteiger partial charge in [-0.3, -0.25) is 4.79 Å². The van der Waals surface area contributed by atoms with Gasteiger partial charge in [0.25, 0.3) is 5.91 Å². The Labute approximate surface area is 224 Å². The van der Waals surface area contributed by atoms with Crippen molar-refractivity contribution in [1.82, 2.24) is 15.3 Å². The third kappa shape index (κ3) is 5.00. The minimum absolute atomic E-state index is 0.0964. The monoisotopic (exact) mass is 535 g/mol. The van der Waals surface area contributed by atoms with E-state index in [4.69, 9.17) is 24.3 Å². The first-order valence-corrected chi connectivity index (χ1v) is 12.6. The van der Waals surface area contributed by atoms with E-state index in [-0.39, 0.29) is 31.0 Å². The molecular weight excluding hydrogens is 505 g/mol. The molecule has 0 saturated carbocycles. The fourth-order valence-electron chi connectivity index (χ4n) is 4.68. The maximum Gasteiger partial charge on any atom is 0.251 e. The van der Waals surface area contributed by atoms with Crippen LogP contribution in [0.2, 0.25) is 0 Å². The number of aromatic nitrogens is 2. The van der Waals surface area contributed by atoms with Crippen LogP contribution in [0.5, 0.6) is 17.2 Å². The number of carbonyl (C=O) groups is 1. The molecule has 4 aromatic rings. The number of aliphatic hydroxyl groups is 2. The molecule has 3 heterocycles. The minimum Gasteiger partial charge on any atom is -0.493 e. The van der Waals surface area contributed by atoms with Crippen LogP contribution in [0.1, 0.15) is 41.6 Å². The van der Waals surface area contributed by atoms with Crippen LogP contribution >= 0.6 is 0 Å². The number of aliphatic hydroxyl groups excluding tert-OH is 2. The number of para-hydroxylation sites is 1. The van der Waals surface area contributed by atoms with Crippen molar-refractivity contribution in [1.29, 1.82) is 0 Å². The van der Waals surface area contributed by atoms with Gasteiger partial charge in [-0.1, -0.05) is 26.0 Å². The lowest BCUT2D eigenvalue weighted by atomic mass is 9.86. The van der Waals surface area contributed by atoms with E-state index in [0.717, 1.165) is 5.56 Å². The summed E-state index contributed by atoms with van der Waals surface area (Å²) in [6.45, 7) is 4.36. The van der Waals surface area contributed by atoms with E-state index in [9.17, 15) is 14.3 Å². The van der Waals surface area contributed by atoms with Gasteiger partial charge in [0.2, 0.25) is 0 Å². The summed E-state index contributed by atoms with van der Waals surface area (Å²) in [5, 5.41) is 23.5. The van der Waals surface area contributed by atoms with Gasteiger partial charge in [-0.15, -0.1) is 0 Å². The van der Waals surface area contributed by atoms with E-state index < -0.39 is 12.0 Å². The molecule has 0 radical (unpaired) electrons. The first-order valence-electron chi connectivity index (χ1n) is 12.6. The van der Waals surface area contributed by atoms with Gasteiger partial charge in [0.1, 0.15) is 30.0 Å². The molecule has 1 aliphatic heterocycles.